The van der Waals surface area contributed by atoms with Crippen molar-refractivity contribution < 1.29 is 36.5 Å². The summed E-state index contributed by atoms with van der Waals surface area (Å²) in [5.41, 5.74) is 0. The smallest absolute Gasteiger partial charge is 0.512 e. The van der Waals surface area contributed by atoms with E-state index in [4.69, 9.17) is 71.0 Å². The Balaban J connectivity index is -0.00000000500. The number of hydrogen-bond donors (Lipinski definition) is 0. The van der Waals surface area contributed by atoms with Crippen LogP contribution in [-0.4, -0.2) is 0 Å². The predicted molar refractivity (Wildman–Crippen MR) is 29.8 cm³/mol. The number of rotatable bonds is 0. The molecule has 6 nitrogen and oxygen atoms in total. The van der Waals surface area contributed by atoms with E-state index in [0.717, 1.165) is 0 Å². The summed E-state index contributed by atoms with van der Waals surface area (Å²) < 4.78 is 0. The van der Waals surface area contributed by atoms with Gasteiger partial charge in [-0.3, -0.25) is 0 Å². The Kier molecular flexibility index (Phi) is 1950. The summed E-state index contributed by atoms with van der Waals surface area (Å²) in [5.74, 6) is 0. The summed E-state index contributed by atoms with van der Waals surface area (Å²) in [6, 6.07) is 0. The number of nitrogens with zero attached hydrogens (tertiary/aromatic N) is 6. The van der Waals surface area contributed by atoms with Crippen LogP contribution in [0.1, 0.15) is 0 Å². The van der Waals surface area contributed by atoms with Crippen molar-refractivity contribution in [3.8, 4) is 0 Å². The number of hydrogen-bond acceptors (Lipinski definition) is 6. The van der Waals surface area contributed by atoms with Crippen LogP contribution in [0.4, 0.5) is 0 Å². The Morgan fingerprint density at radius 3 is 0.357 bits per heavy atom. The third-order valence-electron chi connectivity index (χ3n) is 0. The van der Waals surface area contributed by atoms with Crippen molar-refractivity contribution in [3.05, 3.63) is 39.4 Å². The van der Waals surface area contributed by atoms with Crippen LogP contribution in [0.5, 0.6) is 0 Å². The predicted octanol–water partition coefficient (Wildman–Crippen LogP) is 0.573. The molecule has 0 amide bonds. The molecule has 0 aromatic heterocycles. The van der Waals surface area contributed by atoms with Gasteiger partial charge >= 0.3 is 19.5 Å². The molecule has 0 bridgehead atoms. The molecule has 0 unspecified atom stereocenters. The molecule has 0 rings (SSSR count). The van der Waals surface area contributed by atoms with Crippen LogP contribution in [0.3, 0.4) is 0 Å². The Hall–Kier alpha value is -1.92. The zero-order valence-electron chi connectivity index (χ0n) is 6.77. The first kappa shape index (κ1) is 89.0. The Morgan fingerprint density at radius 1 is 0.357 bits per heavy atom. The molecule has 0 saturated heterocycles. The van der Waals surface area contributed by atoms with E-state index < -0.39 is 0 Å². The van der Waals surface area contributed by atoms with Crippen molar-refractivity contribution in [2.75, 3.05) is 0 Å². The van der Waals surface area contributed by atoms with E-state index in [9.17, 15) is 0 Å². The maximum atomic E-state index is 6.25. The maximum absolute atomic E-state index is 6.25. The fraction of sp³-hybridized carbons (Fsp3) is 0. The summed E-state index contributed by atoms with van der Waals surface area (Å²) in [6.07, 6.45) is 0. The first-order valence-corrected chi connectivity index (χ1v) is 1.34. The van der Waals surface area contributed by atoms with Gasteiger partial charge in [0.1, 0.15) is 0 Å². The summed E-state index contributed by atoms with van der Waals surface area (Å²) >= 11 is 0. The van der Waals surface area contributed by atoms with Crippen molar-refractivity contribution in [1.29, 1.82) is 31.6 Å². The van der Waals surface area contributed by atoms with E-state index in [1.807, 2.05) is 0 Å². The Bertz CT molecular complexity index is 97.3. The van der Waals surface area contributed by atoms with Gasteiger partial charge in [0.15, 0.2) is 0 Å². The van der Waals surface area contributed by atoms with Gasteiger partial charge in [-0.25, -0.2) is 0 Å². The summed E-state index contributed by atoms with van der Waals surface area (Å²) in [5, 5.41) is 37.5. The zero-order valence-corrected chi connectivity index (χ0v) is 10.9. The van der Waals surface area contributed by atoms with Gasteiger partial charge in [0, 0.05) is 17.1 Å². The molecule has 0 saturated carbocycles. The van der Waals surface area contributed by atoms with Crippen molar-refractivity contribution in [1.82, 2.24) is 0 Å². The molecular formula is C6MnN6Zn-4. The van der Waals surface area contributed by atoms with Crippen LogP contribution in [0.15, 0.2) is 0 Å². The molecule has 0 spiro atoms. The fourth-order valence-electron chi connectivity index (χ4n) is 0. The molecule has 0 fully saturated rings. The minimum atomic E-state index is 0. The molecule has 14 heavy (non-hydrogen) atoms. The van der Waals surface area contributed by atoms with Crippen molar-refractivity contribution >= 4 is 0 Å². The van der Waals surface area contributed by atoms with Crippen molar-refractivity contribution in [3.63, 3.8) is 0 Å². The fourth-order valence-corrected chi connectivity index (χ4v) is 0. The van der Waals surface area contributed by atoms with E-state index in [2.05, 4.69) is 0 Å². The van der Waals surface area contributed by atoms with E-state index in [1.165, 1.54) is 0 Å². The molecule has 0 aromatic rings. The van der Waals surface area contributed by atoms with Crippen LogP contribution in [-0.2, 0) is 36.5 Å². The molecule has 0 aliphatic heterocycles. The third-order valence-corrected chi connectivity index (χ3v) is 0. The molecular weight excluding hydrogens is 276 g/mol. The van der Waals surface area contributed by atoms with Gasteiger partial charge < -0.3 is 71.0 Å². The van der Waals surface area contributed by atoms with Gasteiger partial charge in [-0.1, -0.05) is 0 Å². The second kappa shape index (κ2) is 307. The first-order valence-electron chi connectivity index (χ1n) is 1.34. The van der Waals surface area contributed by atoms with Gasteiger partial charge in [0.25, 0.3) is 0 Å². The maximum Gasteiger partial charge on any atom is 2.00 e. The first-order chi connectivity index (χ1) is 6.00. The molecule has 0 atom stereocenters. The monoisotopic (exact) mass is 275 g/mol. The van der Waals surface area contributed by atoms with Crippen LogP contribution in [0, 0.1) is 71.0 Å². The zero-order chi connectivity index (χ0) is 12.0. The summed E-state index contributed by atoms with van der Waals surface area (Å²) in [6.45, 7) is 28.5. The second-order valence-corrected chi connectivity index (χ2v) is 0. The molecule has 0 N–H and O–H groups in total. The average molecular weight is 276 g/mol. The van der Waals surface area contributed by atoms with Crippen molar-refractivity contribution in [2.45, 2.75) is 0 Å². The van der Waals surface area contributed by atoms with E-state index in [-0.39, 0.29) is 36.5 Å². The molecule has 0 aromatic carbocycles. The minimum Gasteiger partial charge on any atom is -0.512 e. The van der Waals surface area contributed by atoms with Crippen LogP contribution < -0.4 is 0 Å². The molecule has 0 heterocycles. The van der Waals surface area contributed by atoms with Crippen LogP contribution >= 0.6 is 0 Å². The Labute approximate surface area is 107 Å². The molecule has 67 valence electrons. The molecule has 8 heteroatoms. The molecule has 1 radical (unpaired) electrons. The third kappa shape index (κ3) is 226. The second-order valence-electron chi connectivity index (χ2n) is 0. The van der Waals surface area contributed by atoms with E-state index >= 15 is 0 Å². The largest absolute Gasteiger partial charge is 2.00 e. The van der Waals surface area contributed by atoms with E-state index in [1.54, 1.807) is 0 Å². The van der Waals surface area contributed by atoms with Crippen molar-refractivity contribution in [2.24, 2.45) is 0 Å². The van der Waals surface area contributed by atoms with Gasteiger partial charge in [0.05, 0.1) is 0 Å². The quantitative estimate of drug-likeness (QED) is 0.467. The van der Waals surface area contributed by atoms with Gasteiger partial charge in [-0.05, 0) is 0 Å². The van der Waals surface area contributed by atoms with Crippen LogP contribution in [0.2, 0.25) is 0 Å². The molecule has 0 aliphatic rings. The van der Waals surface area contributed by atoms with Gasteiger partial charge in [-0.2, -0.15) is 0 Å². The average Bonchev–Trinajstić information content (AvgIpc) is 2.33. The molecule has 0 aliphatic carbocycles. The standard InChI is InChI=1S/6CN.Mn.Zn/c6*1-2;;/q6*-1;;+2. The topological polar surface area (TPSA) is 143 Å². The van der Waals surface area contributed by atoms with Gasteiger partial charge in [-0.15, -0.1) is 0 Å². The minimum absolute atomic E-state index is 0. The summed E-state index contributed by atoms with van der Waals surface area (Å²) in [7, 11) is 0. The Morgan fingerprint density at radius 2 is 0.357 bits per heavy atom. The van der Waals surface area contributed by atoms with E-state index in [0.29, 0.717) is 0 Å². The van der Waals surface area contributed by atoms with Gasteiger partial charge in [0.2, 0.25) is 0 Å². The SMILES string of the molecule is [C-]#N.[C-]#N.[C-]#N.[C-]#N.[C-]#N.[C-]#N.[Mn].[Zn+2]. The normalized spacial score (nSPS) is 0.857. The summed E-state index contributed by atoms with van der Waals surface area (Å²) in [4.78, 5) is 0. The van der Waals surface area contributed by atoms with Crippen LogP contribution in [0.25, 0.3) is 0 Å².